The zero-order valence-electron chi connectivity index (χ0n) is 26.4. The zero-order valence-corrected chi connectivity index (χ0v) is 28.0. The van der Waals surface area contributed by atoms with Crippen LogP contribution < -0.4 is 0 Å². The lowest BCUT2D eigenvalue weighted by atomic mass is 9.95. The van der Waals surface area contributed by atoms with Crippen LogP contribution in [-0.2, 0) is 0 Å². The molecule has 49 heavy (non-hydrogen) atoms. The molecule has 3 heteroatoms. The monoisotopic (exact) mass is 657 g/mol. The summed E-state index contributed by atoms with van der Waals surface area (Å²) in [4.78, 5) is 0. The molecule has 0 atom stereocenters. The Kier molecular flexibility index (Phi) is 5.77. The lowest BCUT2D eigenvalue weighted by molar-refractivity contribution is 1.19. The van der Waals surface area contributed by atoms with Gasteiger partial charge < -0.3 is 4.57 Å². The van der Waals surface area contributed by atoms with Crippen LogP contribution >= 0.6 is 22.7 Å². The van der Waals surface area contributed by atoms with Gasteiger partial charge in [-0.15, -0.1) is 22.7 Å². The predicted octanol–water partition coefficient (Wildman–Crippen LogP) is 14.0. The van der Waals surface area contributed by atoms with E-state index >= 15 is 0 Å². The second kappa shape index (κ2) is 10.4. The Bertz CT molecular complexity index is 3030. The van der Waals surface area contributed by atoms with E-state index in [0.29, 0.717) is 0 Å². The average molecular weight is 658 g/mol. The number of nitrogens with zero attached hydrogens (tertiary/aromatic N) is 1. The first-order chi connectivity index (χ1) is 24.3. The van der Waals surface area contributed by atoms with Gasteiger partial charge in [0.1, 0.15) is 0 Å². The third kappa shape index (κ3) is 3.92. The van der Waals surface area contributed by atoms with Crippen LogP contribution in [0, 0.1) is 0 Å². The molecule has 3 heterocycles. The molecular weight excluding hydrogens is 631 g/mol. The maximum atomic E-state index is 2.55. The number of fused-ring (bicyclic) bond motifs is 14. The number of thiophene rings is 2. The molecule has 0 aliphatic rings. The Hall–Kier alpha value is -5.74. The highest BCUT2D eigenvalue weighted by molar-refractivity contribution is 7.27. The van der Waals surface area contributed by atoms with Crippen molar-refractivity contribution in [2.24, 2.45) is 0 Å². The normalized spacial score (nSPS) is 12.1. The summed E-state index contributed by atoms with van der Waals surface area (Å²) in [6, 6.07) is 60.4. The predicted molar refractivity (Wildman–Crippen MR) is 215 cm³/mol. The third-order valence-electron chi connectivity index (χ3n) is 10.1. The molecular formula is C46H27NS2. The standard InChI is InChI=1S/C46H27NS2/c1-3-13-28(14-4-1)30-25-31(29-15-5-2-6-16-29)27-32(26-30)47-37-20-10-7-17-33(37)44-45(47)36-23-24-40-41(34-18-8-11-21-38(34)48-40)42(36)43-35-19-9-12-22-39(35)49-46(43)44/h1-27H. The summed E-state index contributed by atoms with van der Waals surface area (Å²) in [5, 5.41) is 10.7. The van der Waals surface area contributed by atoms with Crippen LogP contribution in [0.15, 0.2) is 164 Å². The molecule has 11 rings (SSSR count). The fourth-order valence-corrected chi connectivity index (χ4v) is 10.5. The second-order valence-corrected chi connectivity index (χ2v) is 15.0. The Labute approximate surface area is 290 Å². The quantitative estimate of drug-likeness (QED) is 0.178. The highest BCUT2D eigenvalue weighted by Crippen LogP contribution is 2.51. The van der Waals surface area contributed by atoms with Crippen molar-refractivity contribution in [1.82, 2.24) is 4.57 Å². The summed E-state index contributed by atoms with van der Waals surface area (Å²) in [7, 11) is 0. The van der Waals surface area contributed by atoms with Gasteiger partial charge in [-0.2, -0.15) is 0 Å². The molecule has 0 aliphatic carbocycles. The molecule has 0 fully saturated rings. The average Bonchev–Trinajstić information content (AvgIpc) is 3.85. The minimum Gasteiger partial charge on any atom is -0.309 e. The highest BCUT2D eigenvalue weighted by Gasteiger charge is 2.24. The van der Waals surface area contributed by atoms with Crippen molar-refractivity contribution in [3.05, 3.63) is 164 Å². The molecule has 0 saturated carbocycles. The lowest BCUT2D eigenvalue weighted by Crippen LogP contribution is -1.97. The number of rotatable bonds is 3. The number of hydrogen-bond acceptors (Lipinski definition) is 2. The van der Waals surface area contributed by atoms with E-state index < -0.39 is 0 Å². The van der Waals surface area contributed by atoms with Crippen LogP contribution in [0.25, 0.3) is 101 Å². The first-order valence-corrected chi connectivity index (χ1v) is 18.3. The number of aromatic nitrogens is 1. The van der Waals surface area contributed by atoms with Crippen molar-refractivity contribution in [2.45, 2.75) is 0 Å². The molecule has 0 N–H and O–H groups in total. The van der Waals surface area contributed by atoms with Gasteiger partial charge in [0.2, 0.25) is 0 Å². The van der Waals surface area contributed by atoms with Gasteiger partial charge >= 0.3 is 0 Å². The Balaban J connectivity index is 1.39. The summed E-state index contributed by atoms with van der Waals surface area (Å²) < 4.78 is 7.92. The summed E-state index contributed by atoms with van der Waals surface area (Å²) in [5.74, 6) is 0. The van der Waals surface area contributed by atoms with Crippen LogP contribution in [-0.4, -0.2) is 4.57 Å². The highest BCUT2D eigenvalue weighted by atomic mass is 32.1. The molecule has 0 saturated heterocycles. The second-order valence-electron chi connectivity index (χ2n) is 12.8. The molecule has 0 unspecified atom stereocenters. The summed E-state index contributed by atoms with van der Waals surface area (Å²) in [5.41, 5.74) is 8.52. The van der Waals surface area contributed by atoms with Crippen LogP contribution in [0.5, 0.6) is 0 Å². The van der Waals surface area contributed by atoms with Gasteiger partial charge in [-0.25, -0.2) is 0 Å². The maximum Gasteiger partial charge on any atom is 0.0634 e. The molecule has 228 valence electrons. The Morgan fingerprint density at radius 3 is 1.61 bits per heavy atom. The number of benzene rings is 8. The number of hydrogen-bond donors (Lipinski definition) is 0. The van der Waals surface area contributed by atoms with Crippen LogP contribution in [0.3, 0.4) is 0 Å². The molecule has 0 aliphatic heterocycles. The maximum absolute atomic E-state index is 2.55. The minimum atomic E-state index is 1.17. The van der Waals surface area contributed by atoms with Gasteiger partial charge in [-0.3, -0.25) is 0 Å². The molecule has 8 aromatic carbocycles. The van der Waals surface area contributed by atoms with E-state index in [1.165, 1.54) is 101 Å². The van der Waals surface area contributed by atoms with Gasteiger partial charge in [0.15, 0.2) is 0 Å². The molecule has 11 aromatic rings. The Morgan fingerprint density at radius 1 is 0.347 bits per heavy atom. The summed E-state index contributed by atoms with van der Waals surface area (Å²) >= 11 is 3.84. The van der Waals surface area contributed by atoms with E-state index in [2.05, 4.69) is 168 Å². The first kappa shape index (κ1) is 27.2. The fourth-order valence-electron chi connectivity index (χ4n) is 8.07. The van der Waals surface area contributed by atoms with Crippen LogP contribution in [0.1, 0.15) is 0 Å². The molecule has 0 bridgehead atoms. The van der Waals surface area contributed by atoms with Gasteiger partial charge in [-0.05, 0) is 64.7 Å². The molecule has 0 spiro atoms. The van der Waals surface area contributed by atoms with Crippen molar-refractivity contribution in [3.8, 4) is 27.9 Å². The topological polar surface area (TPSA) is 4.93 Å². The molecule has 0 radical (unpaired) electrons. The fraction of sp³-hybridized carbons (Fsp3) is 0. The summed E-state index contributed by atoms with van der Waals surface area (Å²) in [6.07, 6.45) is 0. The SMILES string of the molecule is c1ccc(-c2cc(-c3ccccc3)cc(-n3c4ccccc4c4c5sc6ccccc6c5c5c(ccc6sc7ccccc7c65)c43)c2)cc1. The zero-order chi connectivity index (χ0) is 32.1. The van der Waals surface area contributed by atoms with E-state index in [0.717, 1.165) is 0 Å². The van der Waals surface area contributed by atoms with E-state index in [-0.39, 0.29) is 0 Å². The van der Waals surface area contributed by atoms with Crippen molar-refractivity contribution in [3.63, 3.8) is 0 Å². The molecule has 0 amide bonds. The van der Waals surface area contributed by atoms with Gasteiger partial charge in [0.05, 0.1) is 11.0 Å². The minimum absolute atomic E-state index is 1.17. The van der Waals surface area contributed by atoms with E-state index in [9.17, 15) is 0 Å². The van der Waals surface area contributed by atoms with Crippen LogP contribution in [0.2, 0.25) is 0 Å². The summed E-state index contributed by atoms with van der Waals surface area (Å²) in [6.45, 7) is 0. The first-order valence-electron chi connectivity index (χ1n) is 16.7. The van der Waals surface area contributed by atoms with Crippen molar-refractivity contribution >= 4 is 95.6 Å². The van der Waals surface area contributed by atoms with Gasteiger partial charge in [0.25, 0.3) is 0 Å². The third-order valence-corrected chi connectivity index (χ3v) is 12.5. The molecule has 3 aromatic heterocycles. The van der Waals surface area contributed by atoms with E-state index in [1.807, 2.05) is 22.7 Å². The van der Waals surface area contributed by atoms with Gasteiger partial charge in [0, 0.05) is 67.6 Å². The largest absolute Gasteiger partial charge is 0.309 e. The van der Waals surface area contributed by atoms with Crippen molar-refractivity contribution in [2.75, 3.05) is 0 Å². The molecule has 1 nitrogen and oxygen atoms in total. The van der Waals surface area contributed by atoms with Gasteiger partial charge in [-0.1, -0.05) is 121 Å². The number of para-hydroxylation sites is 1. The smallest absolute Gasteiger partial charge is 0.0634 e. The van der Waals surface area contributed by atoms with Crippen LogP contribution in [0.4, 0.5) is 0 Å². The Morgan fingerprint density at radius 2 is 0.918 bits per heavy atom. The van der Waals surface area contributed by atoms with Crippen molar-refractivity contribution in [1.29, 1.82) is 0 Å². The van der Waals surface area contributed by atoms with E-state index in [1.54, 1.807) is 0 Å². The lowest BCUT2D eigenvalue weighted by Gasteiger charge is -2.15. The van der Waals surface area contributed by atoms with Crippen molar-refractivity contribution < 1.29 is 0 Å². The van der Waals surface area contributed by atoms with E-state index in [4.69, 9.17) is 0 Å².